The van der Waals surface area contributed by atoms with Crippen molar-refractivity contribution in [3.05, 3.63) is 30.7 Å². The minimum atomic E-state index is 0.884. The molecule has 1 rings (SSSR count). The normalized spacial score (nSPS) is 10.4. The van der Waals surface area contributed by atoms with E-state index in [4.69, 9.17) is 0 Å². The molecule has 64 valence electrons. The van der Waals surface area contributed by atoms with Gasteiger partial charge in [-0.05, 0) is 19.4 Å². The summed E-state index contributed by atoms with van der Waals surface area (Å²) >= 11 is 0. The van der Waals surface area contributed by atoms with Crippen LogP contribution < -0.4 is 5.32 Å². The molecule has 1 heterocycles. The molecule has 0 aliphatic rings. The van der Waals surface area contributed by atoms with Crippen molar-refractivity contribution >= 4 is 5.82 Å². The lowest BCUT2D eigenvalue weighted by molar-refractivity contribution is 1.03. The van der Waals surface area contributed by atoms with Crippen LogP contribution in [0.1, 0.15) is 13.3 Å². The number of hydrogen-bond acceptors (Lipinski definition) is 3. The van der Waals surface area contributed by atoms with Gasteiger partial charge in [0.15, 0.2) is 0 Å². The maximum absolute atomic E-state index is 4.03. The first-order valence-corrected chi connectivity index (χ1v) is 4.04. The summed E-state index contributed by atoms with van der Waals surface area (Å²) < 4.78 is 0. The van der Waals surface area contributed by atoms with E-state index in [2.05, 4.69) is 21.4 Å². The highest BCUT2D eigenvalue weighted by atomic mass is 15.0. The van der Waals surface area contributed by atoms with Crippen LogP contribution in [0.15, 0.2) is 30.7 Å². The standard InChI is InChI=1S/C9H13N3/c1-2-3-4-6-11-9-5-7-10-8-12-9/h2-3,5,7-8H,4,6H2,1H3,(H,10,11,12)/b3-2+. The zero-order chi connectivity index (χ0) is 8.65. The Morgan fingerprint density at radius 2 is 2.50 bits per heavy atom. The lowest BCUT2D eigenvalue weighted by Gasteiger charge is -2.00. The van der Waals surface area contributed by atoms with Crippen molar-refractivity contribution in [3.63, 3.8) is 0 Å². The molecule has 3 nitrogen and oxygen atoms in total. The van der Waals surface area contributed by atoms with Crippen molar-refractivity contribution in [1.29, 1.82) is 0 Å². The molecule has 0 aliphatic carbocycles. The maximum Gasteiger partial charge on any atom is 0.129 e. The van der Waals surface area contributed by atoms with Gasteiger partial charge >= 0.3 is 0 Å². The van der Waals surface area contributed by atoms with Crippen molar-refractivity contribution < 1.29 is 0 Å². The Balaban J connectivity index is 2.24. The molecule has 0 spiro atoms. The van der Waals surface area contributed by atoms with Crippen molar-refractivity contribution in [2.45, 2.75) is 13.3 Å². The lowest BCUT2D eigenvalue weighted by Crippen LogP contribution is -2.01. The zero-order valence-electron chi connectivity index (χ0n) is 7.20. The third-order valence-corrected chi connectivity index (χ3v) is 1.43. The van der Waals surface area contributed by atoms with Crippen molar-refractivity contribution in [3.8, 4) is 0 Å². The lowest BCUT2D eigenvalue weighted by atomic mass is 10.4. The Labute approximate surface area is 72.6 Å². The van der Waals surface area contributed by atoms with Crippen molar-refractivity contribution in [2.24, 2.45) is 0 Å². The summed E-state index contributed by atoms with van der Waals surface area (Å²) in [4.78, 5) is 7.85. The number of nitrogens with zero attached hydrogens (tertiary/aromatic N) is 2. The molecule has 0 unspecified atom stereocenters. The van der Waals surface area contributed by atoms with Gasteiger partial charge in [0.2, 0.25) is 0 Å². The van der Waals surface area contributed by atoms with E-state index in [1.54, 1.807) is 6.20 Å². The van der Waals surface area contributed by atoms with Gasteiger partial charge in [-0.15, -0.1) is 0 Å². The molecule has 0 fully saturated rings. The van der Waals surface area contributed by atoms with E-state index in [1.807, 2.05) is 19.1 Å². The fraction of sp³-hybridized carbons (Fsp3) is 0.333. The van der Waals surface area contributed by atoms with Crippen LogP contribution in [0.25, 0.3) is 0 Å². The molecule has 12 heavy (non-hydrogen) atoms. The monoisotopic (exact) mass is 163 g/mol. The summed E-state index contributed by atoms with van der Waals surface area (Å²) in [6, 6.07) is 1.86. The molecule has 0 aliphatic heterocycles. The minimum Gasteiger partial charge on any atom is -0.370 e. The number of aromatic nitrogens is 2. The summed E-state index contributed by atoms with van der Waals surface area (Å²) in [5, 5.41) is 3.18. The second-order valence-electron chi connectivity index (χ2n) is 2.38. The van der Waals surface area contributed by atoms with Gasteiger partial charge in [0, 0.05) is 12.7 Å². The smallest absolute Gasteiger partial charge is 0.129 e. The molecule has 0 saturated carbocycles. The van der Waals surface area contributed by atoms with E-state index in [0.717, 1.165) is 18.8 Å². The quantitative estimate of drug-likeness (QED) is 0.543. The highest BCUT2D eigenvalue weighted by Crippen LogP contribution is 1.97. The fourth-order valence-corrected chi connectivity index (χ4v) is 0.846. The Bertz CT molecular complexity index is 231. The molecule has 3 heteroatoms. The average Bonchev–Trinajstić information content (AvgIpc) is 2.14. The molecular weight excluding hydrogens is 150 g/mol. The highest BCUT2D eigenvalue weighted by molar-refractivity contribution is 5.31. The molecular formula is C9H13N3. The first kappa shape index (κ1) is 8.71. The molecule has 0 aromatic carbocycles. The molecule has 1 aromatic rings. The second kappa shape index (κ2) is 5.29. The summed E-state index contributed by atoms with van der Waals surface area (Å²) in [6.45, 7) is 2.94. The molecule has 1 N–H and O–H groups in total. The van der Waals surface area contributed by atoms with Gasteiger partial charge in [-0.1, -0.05) is 12.2 Å². The van der Waals surface area contributed by atoms with Gasteiger partial charge in [0.1, 0.15) is 12.1 Å². The number of nitrogens with one attached hydrogen (secondary N) is 1. The number of allylic oxidation sites excluding steroid dienone is 1. The Kier molecular flexibility index (Phi) is 3.84. The van der Waals surface area contributed by atoms with Crippen LogP contribution in [0, 0.1) is 0 Å². The Morgan fingerprint density at radius 1 is 1.58 bits per heavy atom. The van der Waals surface area contributed by atoms with E-state index in [0.29, 0.717) is 0 Å². The van der Waals surface area contributed by atoms with Gasteiger partial charge in [0.25, 0.3) is 0 Å². The van der Waals surface area contributed by atoms with Gasteiger partial charge in [0.05, 0.1) is 0 Å². The second-order valence-corrected chi connectivity index (χ2v) is 2.38. The largest absolute Gasteiger partial charge is 0.370 e. The van der Waals surface area contributed by atoms with Crippen molar-refractivity contribution in [1.82, 2.24) is 9.97 Å². The van der Waals surface area contributed by atoms with E-state index in [1.165, 1.54) is 6.33 Å². The predicted molar refractivity (Wildman–Crippen MR) is 50.0 cm³/mol. The first-order chi connectivity index (χ1) is 5.93. The van der Waals surface area contributed by atoms with Gasteiger partial charge in [-0.3, -0.25) is 0 Å². The van der Waals surface area contributed by atoms with Crippen LogP contribution in [0.4, 0.5) is 5.82 Å². The van der Waals surface area contributed by atoms with E-state index < -0.39 is 0 Å². The summed E-state index contributed by atoms with van der Waals surface area (Å²) in [5.41, 5.74) is 0. The van der Waals surface area contributed by atoms with Crippen LogP contribution >= 0.6 is 0 Å². The fourth-order valence-electron chi connectivity index (χ4n) is 0.846. The predicted octanol–water partition coefficient (Wildman–Crippen LogP) is 1.85. The SMILES string of the molecule is C/C=C/CCNc1ccncn1. The van der Waals surface area contributed by atoms with Crippen LogP contribution in [0.5, 0.6) is 0 Å². The van der Waals surface area contributed by atoms with Crippen molar-refractivity contribution in [2.75, 3.05) is 11.9 Å². The van der Waals surface area contributed by atoms with Crippen LogP contribution in [0.2, 0.25) is 0 Å². The van der Waals surface area contributed by atoms with Gasteiger partial charge < -0.3 is 5.32 Å². The zero-order valence-corrected chi connectivity index (χ0v) is 7.20. The van der Waals surface area contributed by atoms with E-state index in [-0.39, 0.29) is 0 Å². The Hall–Kier alpha value is -1.38. The molecule has 0 bridgehead atoms. The first-order valence-electron chi connectivity index (χ1n) is 4.04. The summed E-state index contributed by atoms with van der Waals surface area (Å²) in [6.07, 6.45) is 8.46. The third-order valence-electron chi connectivity index (χ3n) is 1.43. The highest BCUT2D eigenvalue weighted by Gasteiger charge is 1.87. The van der Waals surface area contributed by atoms with E-state index in [9.17, 15) is 0 Å². The van der Waals surface area contributed by atoms with Crippen LogP contribution in [-0.2, 0) is 0 Å². The van der Waals surface area contributed by atoms with Crippen LogP contribution in [0.3, 0.4) is 0 Å². The van der Waals surface area contributed by atoms with Crippen LogP contribution in [-0.4, -0.2) is 16.5 Å². The Morgan fingerprint density at radius 3 is 3.17 bits per heavy atom. The molecule has 0 amide bonds. The third kappa shape index (κ3) is 3.14. The average molecular weight is 163 g/mol. The summed E-state index contributed by atoms with van der Waals surface area (Å²) in [7, 11) is 0. The molecule has 0 atom stereocenters. The molecule has 0 saturated heterocycles. The minimum absolute atomic E-state index is 0.884. The molecule has 1 aromatic heterocycles. The summed E-state index contributed by atoms with van der Waals surface area (Å²) in [5.74, 6) is 0.884. The van der Waals surface area contributed by atoms with E-state index >= 15 is 0 Å². The number of rotatable bonds is 4. The topological polar surface area (TPSA) is 37.8 Å². The van der Waals surface area contributed by atoms with Gasteiger partial charge in [-0.2, -0.15) is 0 Å². The van der Waals surface area contributed by atoms with Gasteiger partial charge in [-0.25, -0.2) is 9.97 Å². The number of anilines is 1. The molecule has 0 radical (unpaired) electrons. The number of hydrogen-bond donors (Lipinski definition) is 1. The maximum atomic E-state index is 4.03.